The van der Waals surface area contributed by atoms with Crippen molar-refractivity contribution in [3.05, 3.63) is 66.0 Å². The summed E-state index contributed by atoms with van der Waals surface area (Å²) in [5.74, 6) is -2.11. The van der Waals surface area contributed by atoms with Crippen LogP contribution in [0.1, 0.15) is 17.9 Å². The Balaban J connectivity index is 1.90. The summed E-state index contributed by atoms with van der Waals surface area (Å²) in [5, 5.41) is 14.1. The molecule has 0 bridgehead atoms. The summed E-state index contributed by atoms with van der Waals surface area (Å²) in [6.07, 6.45) is 0.476. The molecule has 0 radical (unpaired) electrons. The van der Waals surface area contributed by atoms with E-state index in [1.165, 1.54) is 24.3 Å². The van der Waals surface area contributed by atoms with Crippen LogP contribution in [0.15, 0.2) is 54.6 Å². The molecule has 0 aliphatic carbocycles. The monoisotopic (exact) mass is 330 g/mol. The van der Waals surface area contributed by atoms with Gasteiger partial charge in [0.15, 0.2) is 0 Å². The molecule has 2 amide bonds. The van der Waals surface area contributed by atoms with Crippen LogP contribution in [-0.4, -0.2) is 30.1 Å². The number of benzene rings is 2. The minimum atomic E-state index is -0.822. The fourth-order valence-electron chi connectivity index (χ4n) is 2.28. The maximum absolute atomic E-state index is 12.8. The molecule has 0 fully saturated rings. The summed E-state index contributed by atoms with van der Waals surface area (Å²) >= 11 is 0. The number of aliphatic hydroxyl groups excluding tert-OH is 1. The zero-order valence-corrected chi connectivity index (χ0v) is 13.0. The first kappa shape index (κ1) is 17.6. The van der Waals surface area contributed by atoms with Crippen LogP contribution in [0.4, 0.5) is 10.1 Å². The van der Waals surface area contributed by atoms with Crippen molar-refractivity contribution >= 4 is 17.5 Å². The van der Waals surface area contributed by atoms with E-state index in [0.717, 1.165) is 5.56 Å². The van der Waals surface area contributed by atoms with Gasteiger partial charge < -0.3 is 15.7 Å². The fourth-order valence-corrected chi connectivity index (χ4v) is 2.28. The number of carbonyl (C=O) groups is 2. The molecule has 126 valence electrons. The molecule has 1 unspecified atom stereocenters. The van der Waals surface area contributed by atoms with Crippen molar-refractivity contribution in [2.45, 2.75) is 12.3 Å². The van der Waals surface area contributed by atoms with E-state index in [1.54, 1.807) is 0 Å². The van der Waals surface area contributed by atoms with E-state index in [-0.39, 0.29) is 19.1 Å². The summed E-state index contributed by atoms with van der Waals surface area (Å²) in [7, 11) is 0. The maximum Gasteiger partial charge on any atom is 0.313 e. The van der Waals surface area contributed by atoms with E-state index in [1.807, 2.05) is 30.3 Å². The Morgan fingerprint density at radius 2 is 1.67 bits per heavy atom. The summed E-state index contributed by atoms with van der Waals surface area (Å²) in [6, 6.07) is 14.6. The highest BCUT2D eigenvalue weighted by molar-refractivity contribution is 6.39. The molecule has 6 heteroatoms. The maximum atomic E-state index is 12.8. The predicted molar refractivity (Wildman–Crippen MR) is 88.9 cm³/mol. The zero-order chi connectivity index (χ0) is 17.4. The second-order valence-corrected chi connectivity index (χ2v) is 5.29. The average molecular weight is 330 g/mol. The lowest BCUT2D eigenvalue weighted by molar-refractivity contribution is -0.136. The van der Waals surface area contributed by atoms with E-state index < -0.39 is 17.6 Å². The Kier molecular flexibility index (Phi) is 6.45. The third kappa shape index (κ3) is 5.17. The van der Waals surface area contributed by atoms with Crippen molar-refractivity contribution in [3.8, 4) is 0 Å². The van der Waals surface area contributed by atoms with Gasteiger partial charge >= 0.3 is 11.8 Å². The Bertz CT molecular complexity index is 674. The molecule has 2 rings (SSSR count). The molecule has 0 aromatic heterocycles. The van der Waals surface area contributed by atoms with Crippen molar-refractivity contribution in [2.75, 3.05) is 18.5 Å². The molecular weight excluding hydrogens is 311 g/mol. The van der Waals surface area contributed by atoms with Gasteiger partial charge in [-0.25, -0.2) is 4.39 Å². The molecule has 0 saturated heterocycles. The topological polar surface area (TPSA) is 78.4 Å². The number of aliphatic hydroxyl groups is 1. The van der Waals surface area contributed by atoms with E-state index >= 15 is 0 Å². The van der Waals surface area contributed by atoms with E-state index in [4.69, 9.17) is 5.11 Å². The lowest BCUT2D eigenvalue weighted by atomic mass is 9.96. The van der Waals surface area contributed by atoms with Crippen molar-refractivity contribution in [1.82, 2.24) is 5.32 Å². The first-order valence-corrected chi connectivity index (χ1v) is 7.60. The Hall–Kier alpha value is -2.73. The smallest absolute Gasteiger partial charge is 0.313 e. The van der Waals surface area contributed by atoms with Crippen LogP contribution in [-0.2, 0) is 9.59 Å². The number of rotatable bonds is 6. The normalized spacial score (nSPS) is 11.6. The molecule has 0 spiro atoms. The summed E-state index contributed by atoms with van der Waals surface area (Å²) in [5.41, 5.74) is 1.32. The number of amides is 2. The molecule has 5 nitrogen and oxygen atoms in total. The largest absolute Gasteiger partial charge is 0.396 e. The highest BCUT2D eigenvalue weighted by atomic mass is 19.1. The molecule has 0 saturated carbocycles. The molecule has 24 heavy (non-hydrogen) atoms. The first-order chi connectivity index (χ1) is 11.6. The van der Waals surface area contributed by atoms with Gasteiger partial charge in [-0.3, -0.25) is 9.59 Å². The SMILES string of the molecule is O=C(NCC(CCO)c1ccccc1)C(=O)Nc1ccc(F)cc1. The molecular formula is C18H19FN2O3. The van der Waals surface area contributed by atoms with Crippen LogP contribution in [0.25, 0.3) is 0 Å². The van der Waals surface area contributed by atoms with Crippen molar-refractivity contribution < 1.29 is 19.1 Å². The summed E-state index contributed by atoms with van der Waals surface area (Å²) < 4.78 is 12.8. The predicted octanol–water partition coefficient (Wildman–Crippen LogP) is 2.05. The fraction of sp³-hybridized carbons (Fsp3) is 0.222. The third-order valence-corrected chi connectivity index (χ3v) is 3.57. The number of carbonyl (C=O) groups excluding carboxylic acids is 2. The number of nitrogens with one attached hydrogen (secondary N) is 2. The lowest BCUT2D eigenvalue weighted by Gasteiger charge is -2.17. The van der Waals surface area contributed by atoms with Crippen LogP contribution >= 0.6 is 0 Å². The minimum Gasteiger partial charge on any atom is -0.396 e. The van der Waals surface area contributed by atoms with Crippen LogP contribution in [0.2, 0.25) is 0 Å². The lowest BCUT2D eigenvalue weighted by Crippen LogP contribution is -2.37. The Morgan fingerprint density at radius 3 is 2.29 bits per heavy atom. The summed E-state index contributed by atoms with van der Waals surface area (Å²) in [6.45, 7) is 0.220. The third-order valence-electron chi connectivity index (χ3n) is 3.57. The van der Waals surface area contributed by atoms with Gasteiger partial charge in [0.1, 0.15) is 5.82 Å². The van der Waals surface area contributed by atoms with Crippen molar-refractivity contribution in [3.63, 3.8) is 0 Å². The highest BCUT2D eigenvalue weighted by Gasteiger charge is 2.17. The van der Waals surface area contributed by atoms with Gasteiger partial charge in [0.25, 0.3) is 0 Å². The summed E-state index contributed by atoms with van der Waals surface area (Å²) in [4.78, 5) is 23.7. The van der Waals surface area contributed by atoms with Gasteiger partial charge in [0, 0.05) is 24.8 Å². The van der Waals surface area contributed by atoms with Crippen molar-refractivity contribution in [2.24, 2.45) is 0 Å². The number of anilines is 1. The van der Waals surface area contributed by atoms with Crippen LogP contribution < -0.4 is 10.6 Å². The van der Waals surface area contributed by atoms with Gasteiger partial charge in [-0.2, -0.15) is 0 Å². The second kappa shape index (κ2) is 8.79. The van der Waals surface area contributed by atoms with Crippen LogP contribution in [0.3, 0.4) is 0 Å². The molecule has 0 heterocycles. The highest BCUT2D eigenvalue weighted by Crippen LogP contribution is 2.18. The van der Waals surface area contributed by atoms with Gasteiger partial charge in [-0.1, -0.05) is 30.3 Å². The molecule has 0 aliphatic heterocycles. The van der Waals surface area contributed by atoms with Gasteiger partial charge in [0.2, 0.25) is 0 Å². The quantitative estimate of drug-likeness (QED) is 0.709. The standard InChI is InChI=1S/C18H19FN2O3/c19-15-6-8-16(9-7-15)21-18(24)17(23)20-12-14(10-11-22)13-4-2-1-3-5-13/h1-9,14,22H,10-12H2,(H,20,23)(H,21,24). The minimum absolute atomic E-state index is 0.0167. The van der Waals surface area contributed by atoms with Crippen LogP contribution in [0.5, 0.6) is 0 Å². The van der Waals surface area contributed by atoms with E-state index in [9.17, 15) is 14.0 Å². The molecule has 2 aromatic rings. The average Bonchev–Trinajstić information content (AvgIpc) is 2.61. The zero-order valence-electron chi connectivity index (χ0n) is 13.0. The molecule has 1 atom stereocenters. The Morgan fingerprint density at radius 1 is 1.00 bits per heavy atom. The van der Waals surface area contributed by atoms with E-state index in [2.05, 4.69) is 10.6 Å². The first-order valence-electron chi connectivity index (χ1n) is 7.60. The van der Waals surface area contributed by atoms with Crippen molar-refractivity contribution in [1.29, 1.82) is 0 Å². The van der Waals surface area contributed by atoms with Gasteiger partial charge in [0.05, 0.1) is 0 Å². The molecule has 0 aliphatic rings. The Labute approximate surface area is 139 Å². The number of hydrogen-bond donors (Lipinski definition) is 3. The number of hydrogen-bond acceptors (Lipinski definition) is 3. The molecule has 3 N–H and O–H groups in total. The van der Waals surface area contributed by atoms with E-state index in [0.29, 0.717) is 12.1 Å². The van der Waals surface area contributed by atoms with Crippen LogP contribution in [0, 0.1) is 5.82 Å². The molecule has 2 aromatic carbocycles. The second-order valence-electron chi connectivity index (χ2n) is 5.29. The number of halogens is 1. The van der Waals surface area contributed by atoms with Gasteiger partial charge in [-0.15, -0.1) is 0 Å². The van der Waals surface area contributed by atoms with Gasteiger partial charge in [-0.05, 0) is 36.2 Å².